The zero-order valence-corrected chi connectivity index (χ0v) is 14.9. The van der Waals surface area contributed by atoms with Crippen LogP contribution in [0.4, 0.5) is 4.39 Å². The van der Waals surface area contributed by atoms with Gasteiger partial charge in [-0.1, -0.05) is 11.2 Å². The molecular weight excluding hydrogens is 361 g/mol. The van der Waals surface area contributed by atoms with Crippen molar-refractivity contribution in [3.8, 4) is 17.1 Å². The van der Waals surface area contributed by atoms with E-state index >= 15 is 0 Å². The first-order chi connectivity index (χ1) is 12.4. The summed E-state index contributed by atoms with van der Waals surface area (Å²) in [6, 6.07) is 10.4. The fourth-order valence-corrected chi connectivity index (χ4v) is 3.50. The smallest absolute Gasteiger partial charge is 0.244 e. The van der Waals surface area contributed by atoms with E-state index in [2.05, 4.69) is 14.9 Å². The number of hydrogen-bond acceptors (Lipinski definition) is 6. The second-order valence-corrected chi connectivity index (χ2v) is 7.23. The van der Waals surface area contributed by atoms with Gasteiger partial charge in [-0.25, -0.2) is 17.5 Å². The van der Waals surface area contributed by atoms with Crippen LogP contribution in [0.5, 0.6) is 5.75 Å². The van der Waals surface area contributed by atoms with Gasteiger partial charge in [0.1, 0.15) is 16.5 Å². The van der Waals surface area contributed by atoms with Gasteiger partial charge in [0.2, 0.25) is 21.7 Å². The number of methoxy groups -OCH3 is 1. The Morgan fingerprint density at radius 1 is 1.19 bits per heavy atom. The molecule has 2 aromatic carbocycles. The maximum absolute atomic E-state index is 13.0. The number of hydrogen-bond donors (Lipinski definition) is 1. The van der Waals surface area contributed by atoms with Crippen LogP contribution in [0.3, 0.4) is 0 Å². The summed E-state index contributed by atoms with van der Waals surface area (Å²) in [5, 5.41) is 3.77. The highest BCUT2D eigenvalue weighted by Crippen LogP contribution is 2.24. The lowest BCUT2D eigenvalue weighted by molar-refractivity contribution is 0.375. The van der Waals surface area contributed by atoms with Gasteiger partial charge in [0.05, 0.1) is 13.7 Å². The minimum Gasteiger partial charge on any atom is -0.495 e. The molecule has 0 saturated heterocycles. The van der Waals surface area contributed by atoms with Crippen LogP contribution in [0, 0.1) is 12.7 Å². The molecule has 7 nitrogen and oxygen atoms in total. The summed E-state index contributed by atoms with van der Waals surface area (Å²) in [5.41, 5.74) is 1.34. The first kappa shape index (κ1) is 18.0. The molecule has 0 radical (unpaired) electrons. The number of benzene rings is 2. The van der Waals surface area contributed by atoms with Crippen LogP contribution in [0.15, 0.2) is 51.9 Å². The fourth-order valence-electron chi connectivity index (χ4n) is 2.27. The van der Waals surface area contributed by atoms with Crippen molar-refractivity contribution in [1.82, 2.24) is 14.9 Å². The molecule has 0 aliphatic heterocycles. The molecule has 0 unspecified atom stereocenters. The van der Waals surface area contributed by atoms with E-state index in [1.54, 1.807) is 19.1 Å². The van der Waals surface area contributed by atoms with E-state index in [-0.39, 0.29) is 34.7 Å². The van der Waals surface area contributed by atoms with E-state index in [1.807, 2.05) is 0 Å². The first-order valence-corrected chi connectivity index (χ1v) is 9.10. The van der Waals surface area contributed by atoms with Crippen molar-refractivity contribution in [3.05, 3.63) is 59.7 Å². The predicted octanol–water partition coefficient (Wildman–Crippen LogP) is 2.67. The SMILES string of the molecule is COc1ccc(C)cc1S(=O)(=O)NCc1nc(-c2ccc(F)cc2)no1. The molecule has 26 heavy (non-hydrogen) atoms. The predicted molar refractivity (Wildman–Crippen MR) is 91.4 cm³/mol. The molecule has 136 valence electrons. The van der Waals surface area contributed by atoms with Crippen LogP contribution in [-0.4, -0.2) is 25.7 Å². The van der Waals surface area contributed by atoms with E-state index in [0.717, 1.165) is 5.56 Å². The van der Waals surface area contributed by atoms with Gasteiger partial charge in [-0.3, -0.25) is 0 Å². The quantitative estimate of drug-likeness (QED) is 0.710. The van der Waals surface area contributed by atoms with E-state index in [9.17, 15) is 12.8 Å². The van der Waals surface area contributed by atoms with Crippen LogP contribution in [-0.2, 0) is 16.6 Å². The first-order valence-electron chi connectivity index (χ1n) is 7.62. The van der Waals surface area contributed by atoms with Gasteiger partial charge in [0, 0.05) is 5.56 Å². The lowest BCUT2D eigenvalue weighted by Gasteiger charge is -2.10. The average molecular weight is 377 g/mol. The molecule has 1 N–H and O–H groups in total. The lowest BCUT2D eigenvalue weighted by atomic mass is 10.2. The zero-order valence-electron chi connectivity index (χ0n) is 14.1. The highest BCUT2D eigenvalue weighted by Gasteiger charge is 2.21. The van der Waals surface area contributed by atoms with Gasteiger partial charge in [-0.2, -0.15) is 4.98 Å². The number of halogens is 1. The molecule has 0 aliphatic rings. The van der Waals surface area contributed by atoms with Crippen LogP contribution in [0.25, 0.3) is 11.4 Å². The Morgan fingerprint density at radius 3 is 2.62 bits per heavy atom. The number of ether oxygens (including phenoxy) is 1. The van der Waals surface area contributed by atoms with Gasteiger partial charge in [0.25, 0.3) is 0 Å². The van der Waals surface area contributed by atoms with Crippen molar-refractivity contribution in [2.24, 2.45) is 0 Å². The fraction of sp³-hybridized carbons (Fsp3) is 0.176. The molecule has 0 atom stereocenters. The number of nitrogens with one attached hydrogen (secondary N) is 1. The molecule has 0 saturated carbocycles. The summed E-state index contributed by atoms with van der Waals surface area (Å²) >= 11 is 0. The Bertz CT molecular complexity index is 1020. The third-order valence-electron chi connectivity index (χ3n) is 3.59. The number of aryl methyl sites for hydroxylation is 1. The molecule has 1 heterocycles. The third-order valence-corrected chi connectivity index (χ3v) is 5.02. The van der Waals surface area contributed by atoms with Crippen molar-refractivity contribution in [1.29, 1.82) is 0 Å². The average Bonchev–Trinajstić information content (AvgIpc) is 3.10. The standard InChI is InChI=1S/C17H16FN3O4S/c1-11-3-8-14(24-2)15(9-11)26(22,23)19-10-16-20-17(21-25-16)12-4-6-13(18)7-5-12/h3-9,19H,10H2,1-2H3. The van der Waals surface area contributed by atoms with E-state index in [0.29, 0.717) is 5.56 Å². The van der Waals surface area contributed by atoms with Gasteiger partial charge in [-0.05, 0) is 48.9 Å². The largest absolute Gasteiger partial charge is 0.495 e. The molecule has 0 fully saturated rings. The van der Waals surface area contributed by atoms with Gasteiger partial charge >= 0.3 is 0 Å². The molecule has 3 aromatic rings. The summed E-state index contributed by atoms with van der Waals surface area (Å²) in [6.45, 7) is 1.60. The Morgan fingerprint density at radius 2 is 1.92 bits per heavy atom. The van der Waals surface area contributed by atoms with E-state index in [4.69, 9.17) is 9.26 Å². The minimum atomic E-state index is -3.84. The van der Waals surface area contributed by atoms with E-state index < -0.39 is 10.0 Å². The van der Waals surface area contributed by atoms with Crippen LogP contribution < -0.4 is 9.46 Å². The molecule has 0 amide bonds. The van der Waals surface area contributed by atoms with Gasteiger partial charge < -0.3 is 9.26 Å². The third kappa shape index (κ3) is 3.89. The molecule has 0 aliphatic carbocycles. The molecule has 1 aromatic heterocycles. The van der Waals surface area contributed by atoms with Crippen LogP contribution >= 0.6 is 0 Å². The molecule has 0 spiro atoms. The zero-order chi connectivity index (χ0) is 18.7. The lowest BCUT2D eigenvalue weighted by Crippen LogP contribution is -2.24. The van der Waals surface area contributed by atoms with Gasteiger partial charge in [-0.15, -0.1) is 0 Å². The van der Waals surface area contributed by atoms with Crippen molar-refractivity contribution >= 4 is 10.0 Å². The normalized spacial score (nSPS) is 11.5. The summed E-state index contributed by atoms with van der Waals surface area (Å²) in [4.78, 5) is 4.13. The topological polar surface area (TPSA) is 94.3 Å². The summed E-state index contributed by atoms with van der Waals surface area (Å²) < 4.78 is 50.6. The highest BCUT2D eigenvalue weighted by atomic mass is 32.2. The molecular formula is C17H16FN3O4S. The van der Waals surface area contributed by atoms with Crippen molar-refractivity contribution in [2.75, 3.05) is 7.11 Å². The number of nitrogens with zero attached hydrogens (tertiary/aromatic N) is 2. The van der Waals surface area contributed by atoms with Crippen LogP contribution in [0.1, 0.15) is 11.5 Å². The second-order valence-electron chi connectivity index (χ2n) is 5.50. The Kier molecular flexibility index (Phi) is 5.01. The van der Waals surface area contributed by atoms with Gasteiger partial charge in [0.15, 0.2) is 0 Å². The summed E-state index contributed by atoms with van der Waals surface area (Å²) in [7, 11) is -2.44. The number of aromatic nitrogens is 2. The van der Waals surface area contributed by atoms with Crippen molar-refractivity contribution in [2.45, 2.75) is 18.4 Å². The van der Waals surface area contributed by atoms with Crippen LogP contribution in [0.2, 0.25) is 0 Å². The summed E-state index contributed by atoms with van der Waals surface area (Å²) in [5.74, 6) is 0.185. The maximum atomic E-state index is 13.0. The molecule has 9 heteroatoms. The molecule has 0 bridgehead atoms. The highest BCUT2D eigenvalue weighted by molar-refractivity contribution is 7.89. The van der Waals surface area contributed by atoms with Crippen molar-refractivity contribution in [3.63, 3.8) is 0 Å². The van der Waals surface area contributed by atoms with E-state index in [1.165, 1.54) is 37.4 Å². The number of rotatable bonds is 6. The Labute approximate surface area is 149 Å². The summed E-state index contributed by atoms with van der Waals surface area (Å²) in [6.07, 6.45) is 0. The Hall–Kier alpha value is -2.78. The Balaban J connectivity index is 1.77. The maximum Gasteiger partial charge on any atom is 0.244 e. The molecule has 3 rings (SSSR count). The minimum absolute atomic E-state index is 0.0262. The monoisotopic (exact) mass is 377 g/mol. The number of sulfonamides is 1. The van der Waals surface area contributed by atoms with Crippen molar-refractivity contribution < 1.29 is 22.1 Å². The second kappa shape index (κ2) is 7.22.